The summed E-state index contributed by atoms with van der Waals surface area (Å²) in [5.41, 5.74) is 5.98. The van der Waals surface area contributed by atoms with Crippen LogP contribution in [0.5, 0.6) is 0 Å². The van der Waals surface area contributed by atoms with E-state index in [1.807, 2.05) is 0 Å². The monoisotopic (exact) mass is 481 g/mol. The third kappa shape index (κ3) is 4.05. The first-order valence-electron chi connectivity index (χ1n) is 10.6. The van der Waals surface area contributed by atoms with Gasteiger partial charge in [0.15, 0.2) is 10.8 Å². The fourth-order valence-corrected chi connectivity index (χ4v) is 6.69. The van der Waals surface area contributed by atoms with Crippen LogP contribution in [-0.2, 0) is 19.2 Å². The van der Waals surface area contributed by atoms with Crippen molar-refractivity contribution in [3.8, 4) is 0 Å². The Bertz CT molecular complexity index is 964. The third-order valence-corrected chi connectivity index (χ3v) is 8.50. The van der Waals surface area contributed by atoms with Crippen molar-refractivity contribution in [2.45, 2.75) is 74.8 Å². The SMILES string of the molecule is C[C@@H]1CCCC[C@H]1O/N=C(\C(=O)N[C@H]1C(=O)N2[C@@H]1SC(C)(C)[C@@H]2C(=O)O)c1csc(N)n1. The second-order valence-electron chi connectivity index (χ2n) is 8.97. The van der Waals surface area contributed by atoms with E-state index in [1.54, 1.807) is 19.2 Å². The van der Waals surface area contributed by atoms with E-state index in [1.165, 1.54) is 28.0 Å². The smallest absolute Gasteiger partial charge is 0.327 e. The normalized spacial score (nSPS) is 31.6. The topological polar surface area (TPSA) is 147 Å². The van der Waals surface area contributed by atoms with E-state index in [-0.39, 0.29) is 22.6 Å². The summed E-state index contributed by atoms with van der Waals surface area (Å²) in [7, 11) is 0. The quantitative estimate of drug-likeness (QED) is 0.316. The number of carbonyl (C=O) groups excluding carboxylic acids is 2. The molecule has 32 heavy (non-hydrogen) atoms. The number of aliphatic carboxylic acids is 1. The van der Waals surface area contributed by atoms with Gasteiger partial charge in [0, 0.05) is 10.1 Å². The van der Waals surface area contributed by atoms with Crippen LogP contribution in [-0.4, -0.2) is 66.8 Å². The number of hydrogen-bond acceptors (Lipinski definition) is 9. The number of nitrogen functional groups attached to an aromatic ring is 1. The number of hydrogen-bond donors (Lipinski definition) is 3. The Morgan fingerprint density at radius 2 is 2.09 bits per heavy atom. The molecule has 10 nitrogen and oxygen atoms in total. The number of carbonyl (C=O) groups is 3. The van der Waals surface area contributed by atoms with E-state index in [9.17, 15) is 19.5 Å². The number of anilines is 1. The highest BCUT2D eigenvalue weighted by molar-refractivity contribution is 8.01. The number of carboxylic acid groups (broad SMARTS) is 1. The van der Waals surface area contributed by atoms with Crippen molar-refractivity contribution in [1.29, 1.82) is 0 Å². The van der Waals surface area contributed by atoms with Gasteiger partial charge in [0.1, 0.15) is 29.3 Å². The van der Waals surface area contributed by atoms with E-state index in [2.05, 4.69) is 22.4 Å². The Labute approximate surface area is 193 Å². The molecule has 0 bridgehead atoms. The van der Waals surface area contributed by atoms with Gasteiger partial charge in [-0.3, -0.25) is 9.59 Å². The molecular formula is C20H27N5O5S2. The number of nitrogens with zero attached hydrogens (tertiary/aromatic N) is 3. The second-order valence-corrected chi connectivity index (χ2v) is 11.6. The summed E-state index contributed by atoms with van der Waals surface area (Å²) in [6, 6.07) is -1.79. The van der Waals surface area contributed by atoms with Crippen molar-refractivity contribution in [2.24, 2.45) is 11.1 Å². The van der Waals surface area contributed by atoms with Gasteiger partial charge in [-0.25, -0.2) is 9.78 Å². The molecule has 1 saturated carbocycles. The predicted molar refractivity (Wildman–Crippen MR) is 121 cm³/mol. The molecule has 0 aromatic carbocycles. The summed E-state index contributed by atoms with van der Waals surface area (Å²) < 4.78 is -0.674. The van der Waals surface area contributed by atoms with Crippen molar-refractivity contribution in [1.82, 2.24) is 15.2 Å². The molecule has 0 radical (unpaired) electrons. The van der Waals surface area contributed by atoms with Crippen LogP contribution in [0, 0.1) is 5.92 Å². The van der Waals surface area contributed by atoms with Crippen LogP contribution in [0.1, 0.15) is 52.1 Å². The van der Waals surface area contributed by atoms with Gasteiger partial charge in [-0.1, -0.05) is 18.5 Å². The number of oxime groups is 1. The summed E-state index contributed by atoms with van der Waals surface area (Å²) in [5.74, 6) is -1.76. The third-order valence-electron chi connectivity index (χ3n) is 6.25. The highest BCUT2D eigenvalue weighted by Gasteiger charge is 2.64. The molecule has 3 fully saturated rings. The Morgan fingerprint density at radius 1 is 1.38 bits per heavy atom. The lowest BCUT2D eigenvalue weighted by Gasteiger charge is -2.43. The van der Waals surface area contributed by atoms with Gasteiger partial charge in [0.05, 0.1) is 0 Å². The molecule has 5 atom stereocenters. The average molecular weight is 482 g/mol. The van der Waals surface area contributed by atoms with Gasteiger partial charge in [0.25, 0.3) is 5.91 Å². The standard InChI is InChI=1S/C20H27N5O5S2/c1-9-6-4-5-7-11(9)30-24-12(10-8-31-19(21)22-10)15(26)23-13-16(27)25-14(18(28)29)20(2,3)32-17(13)25/h8-9,11,13-14,17H,4-7H2,1-3H3,(H2,21,22)(H,23,26)(H,28,29)/b24-12-/t9-,11-,13+,14+,17-/m1/s1. The zero-order chi connectivity index (χ0) is 23.2. The van der Waals surface area contributed by atoms with Crippen LogP contribution in [0.15, 0.2) is 10.5 Å². The molecule has 2 aliphatic heterocycles. The molecule has 0 spiro atoms. The number of thiazole rings is 1. The molecule has 1 aliphatic carbocycles. The molecule has 4 N–H and O–H groups in total. The lowest BCUT2D eigenvalue weighted by molar-refractivity contribution is -0.160. The van der Waals surface area contributed by atoms with Crippen molar-refractivity contribution < 1.29 is 24.3 Å². The number of nitrogens with one attached hydrogen (secondary N) is 1. The number of aromatic nitrogens is 1. The number of fused-ring (bicyclic) bond motifs is 1. The van der Waals surface area contributed by atoms with E-state index in [0.29, 0.717) is 5.92 Å². The Hall–Kier alpha value is -2.34. The number of nitrogens with two attached hydrogens (primary N) is 1. The van der Waals surface area contributed by atoms with E-state index in [0.717, 1.165) is 25.7 Å². The Kier molecular flexibility index (Phi) is 6.10. The van der Waals surface area contributed by atoms with Crippen LogP contribution in [0.25, 0.3) is 0 Å². The van der Waals surface area contributed by atoms with E-state index < -0.39 is 40.0 Å². The number of β-lactam (4-membered cyclic amide) rings is 1. The Balaban J connectivity index is 1.52. The van der Waals surface area contributed by atoms with Gasteiger partial charge in [0.2, 0.25) is 5.91 Å². The minimum Gasteiger partial charge on any atom is -0.480 e. The van der Waals surface area contributed by atoms with Crippen molar-refractivity contribution in [3.05, 3.63) is 11.1 Å². The molecule has 0 unspecified atom stereocenters. The number of amides is 2. The number of rotatable bonds is 6. The maximum absolute atomic E-state index is 13.1. The highest BCUT2D eigenvalue weighted by Crippen LogP contribution is 2.50. The lowest BCUT2D eigenvalue weighted by Crippen LogP contribution is -2.71. The Morgan fingerprint density at radius 3 is 2.72 bits per heavy atom. The van der Waals surface area contributed by atoms with Crippen LogP contribution >= 0.6 is 23.1 Å². The van der Waals surface area contributed by atoms with Gasteiger partial charge >= 0.3 is 5.97 Å². The highest BCUT2D eigenvalue weighted by atomic mass is 32.2. The van der Waals surface area contributed by atoms with Gasteiger partial charge < -0.3 is 25.9 Å². The summed E-state index contributed by atoms with van der Waals surface area (Å²) in [5, 5.41) is 17.9. The second kappa shape index (κ2) is 8.54. The van der Waals surface area contributed by atoms with Crippen LogP contribution < -0.4 is 11.1 Å². The van der Waals surface area contributed by atoms with Gasteiger partial charge in [-0.05, 0) is 39.0 Å². The van der Waals surface area contributed by atoms with Gasteiger partial charge in [-0.15, -0.1) is 23.1 Å². The molecular weight excluding hydrogens is 454 g/mol. The van der Waals surface area contributed by atoms with Crippen LogP contribution in [0.4, 0.5) is 5.13 Å². The molecule has 3 heterocycles. The summed E-state index contributed by atoms with van der Waals surface area (Å²) in [6.45, 7) is 5.66. The molecule has 174 valence electrons. The molecule has 3 aliphatic rings. The minimum absolute atomic E-state index is 0.0426. The summed E-state index contributed by atoms with van der Waals surface area (Å²) in [6.07, 6.45) is 4.00. The number of thioether (sulfide) groups is 1. The maximum atomic E-state index is 13.1. The fourth-order valence-electron chi connectivity index (χ4n) is 4.52. The molecule has 1 aromatic heterocycles. The van der Waals surface area contributed by atoms with Crippen molar-refractivity contribution in [3.63, 3.8) is 0 Å². The molecule has 2 saturated heterocycles. The zero-order valence-corrected chi connectivity index (χ0v) is 19.7. The fraction of sp³-hybridized carbons (Fsp3) is 0.650. The largest absolute Gasteiger partial charge is 0.480 e. The zero-order valence-electron chi connectivity index (χ0n) is 18.1. The van der Waals surface area contributed by atoms with Crippen LogP contribution in [0.2, 0.25) is 0 Å². The van der Waals surface area contributed by atoms with Crippen molar-refractivity contribution >= 4 is 51.7 Å². The first-order chi connectivity index (χ1) is 15.1. The average Bonchev–Trinajstić information content (AvgIpc) is 3.26. The first kappa shape index (κ1) is 22.8. The molecule has 2 amide bonds. The first-order valence-corrected chi connectivity index (χ1v) is 12.3. The van der Waals surface area contributed by atoms with E-state index >= 15 is 0 Å². The van der Waals surface area contributed by atoms with Crippen LogP contribution in [0.3, 0.4) is 0 Å². The molecule has 4 rings (SSSR count). The number of carboxylic acids is 1. The maximum Gasteiger partial charge on any atom is 0.327 e. The van der Waals surface area contributed by atoms with E-state index in [4.69, 9.17) is 10.6 Å². The minimum atomic E-state index is -1.06. The summed E-state index contributed by atoms with van der Waals surface area (Å²) in [4.78, 5) is 48.8. The predicted octanol–water partition coefficient (Wildman–Crippen LogP) is 1.66. The van der Waals surface area contributed by atoms with Gasteiger partial charge in [-0.2, -0.15) is 0 Å². The summed E-state index contributed by atoms with van der Waals surface area (Å²) >= 11 is 2.54. The lowest BCUT2D eigenvalue weighted by atomic mass is 9.88. The van der Waals surface area contributed by atoms with Crippen molar-refractivity contribution in [2.75, 3.05) is 5.73 Å². The molecule has 12 heteroatoms. The molecule has 1 aromatic rings.